The molecule has 5 heteroatoms. The molecular formula is C12H17ClO3S. The predicted octanol–water partition coefficient (Wildman–Crippen LogP) is 3.43. The summed E-state index contributed by atoms with van der Waals surface area (Å²) in [5.74, 6) is 1.20. The lowest BCUT2D eigenvalue weighted by Crippen LogP contribution is -2.10. The maximum absolute atomic E-state index is 11.0. The molecule has 0 heterocycles. The van der Waals surface area contributed by atoms with Gasteiger partial charge < -0.3 is 4.74 Å². The first-order chi connectivity index (χ1) is 7.97. The SMILES string of the molecule is CCC(CC)COc1ccc(S(=O)(=O)Cl)cc1. The Bertz CT molecular complexity index is 435. The predicted molar refractivity (Wildman–Crippen MR) is 69.0 cm³/mol. The van der Waals surface area contributed by atoms with Crippen LogP contribution in [0.1, 0.15) is 26.7 Å². The summed E-state index contributed by atoms with van der Waals surface area (Å²) in [6, 6.07) is 6.14. The van der Waals surface area contributed by atoms with Gasteiger partial charge in [0.2, 0.25) is 0 Å². The molecule has 0 fully saturated rings. The van der Waals surface area contributed by atoms with Gasteiger partial charge in [-0.05, 0) is 30.2 Å². The van der Waals surface area contributed by atoms with Gasteiger partial charge in [-0.2, -0.15) is 0 Å². The fourth-order valence-corrected chi connectivity index (χ4v) is 2.21. The molecule has 0 aliphatic carbocycles. The van der Waals surface area contributed by atoms with Crippen molar-refractivity contribution in [2.45, 2.75) is 31.6 Å². The van der Waals surface area contributed by atoms with Crippen molar-refractivity contribution in [3.63, 3.8) is 0 Å². The smallest absolute Gasteiger partial charge is 0.261 e. The average molecular weight is 277 g/mol. The van der Waals surface area contributed by atoms with Crippen molar-refractivity contribution in [2.75, 3.05) is 6.61 Å². The van der Waals surface area contributed by atoms with E-state index >= 15 is 0 Å². The Kier molecular flexibility index (Phi) is 5.28. The standard InChI is InChI=1S/C12H17ClO3S/c1-3-10(4-2)9-16-11-5-7-12(8-6-11)17(13,14)15/h5-8,10H,3-4,9H2,1-2H3. The van der Waals surface area contributed by atoms with Crippen LogP contribution in [0.4, 0.5) is 0 Å². The fraction of sp³-hybridized carbons (Fsp3) is 0.500. The third-order valence-corrected chi connectivity index (χ3v) is 4.12. The van der Waals surface area contributed by atoms with Gasteiger partial charge in [0.1, 0.15) is 5.75 Å². The zero-order valence-electron chi connectivity index (χ0n) is 10.0. The average Bonchev–Trinajstić information content (AvgIpc) is 2.30. The van der Waals surface area contributed by atoms with E-state index in [1.807, 2.05) is 0 Å². The van der Waals surface area contributed by atoms with Crippen LogP contribution in [0.25, 0.3) is 0 Å². The van der Waals surface area contributed by atoms with Gasteiger partial charge in [-0.25, -0.2) is 8.42 Å². The summed E-state index contributed by atoms with van der Waals surface area (Å²) in [4.78, 5) is 0.0917. The molecule has 0 aliphatic rings. The molecule has 1 aromatic rings. The largest absolute Gasteiger partial charge is 0.493 e. The maximum Gasteiger partial charge on any atom is 0.261 e. The van der Waals surface area contributed by atoms with Crippen molar-refractivity contribution in [1.29, 1.82) is 0 Å². The molecule has 0 unspecified atom stereocenters. The third kappa shape index (κ3) is 4.56. The van der Waals surface area contributed by atoms with Crippen molar-refractivity contribution < 1.29 is 13.2 Å². The summed E-state index contributed by atoms with van der Waals surface area (Å²) in [6.07, 6.45) is 2.15. The lowest BCUT2D eigenvalue weighted by molar-refractivity contribution is 0.240. The lowest BCUT2D eigenvalue weighted by Gasteiger charge is -2.13. The number of rotatable bonds is 6. The van der Waals surface area contributed by atoms with Crippen LogP contribution in [0.3, 0.4) is 0 Å². The van der Waals surface area contributed by atoms with Gasteiger partial charge in [-0.1, -0.05) is 26.7 Å². The number of hydrogen-bond donors (Lipinski definition) is 0. The van der Waals surface area contributed by atoms with Crippen LogP contribution in [-0.2, 0) is 9.05 Å². The normalized spacial score (nSPS) is 11.8. The van der Waals surface area contributed by atoms with Crippen LogP contribution < -0.4 is 4.74 Å². The van der Waals surface area contributed by atoms with E-state index in [2.05, 4.69) is 13.8 Å². The van der Waals surface area contributed by atoms with E-state index in [1.54, 1.807) is 12.1 Å². The zero-order chi connectivity index (χ0) is 12.9. The van der Waals surface area contributed by atoms with Crippen molar-refractivity contribution in [3.05, 3.63) is 24.3 Å². The van der Waals surface area contributed by atoms with Crippen LogP contribution in [0.2, 0.25) is 0 Å². The number of ether oxygens (including phenoxy) is 1. The Balaban J connectivity index is 2.63. The van der Waals surface area contributed by atoms with Crippen LogP contribution in [0, 0.1) is 5.92 Å². The molecule has 1 rings (SSSR count). The van der Waals surface area contributed by atoms with E-state index < -0.39 is 9.05 Å². The Morgan fingerprint density at radius 3 is 2.12 bits per heavy atom. The van der Waals surface area contributed by atoms with Gasteiger partial charge in [0.15, 0.2) is 0 Å². The molecule has 0 saturated heterocycles. The summed E-state index contributed by atoms with van der Waals surface area (Å²) in [6.45, 7) is 4.90. The Morgan fingerprint density at radius 2 is 1.71 bits per heavy atom. The monoisotopic (exact) mass is 276 g/mol. The van der Waals surface area contributed by atoms with Gasteiger partial charge in [-0.3, -0.25) is 0 Å². The summed E-state index contributed by atoms with van der Waals surface area (Å²) in [5, 5.41) is 0. The highest BCUT2D eigenvalue weighted by atomic mass is 35.7. The molecule has 0 bridgehead atoms. The Labute approximate surface area is 107 Å². The minimum absolute atomic E-state index is 0.0917. The molecular weight excluding hydrogens is 260 g/mol. The van der Waals surface area contributed by atoms with Crippen molar-refractivity contribution in [3.8, 4) is 5.75 Å². The van der Waals surface area contributed by atoms with Gasteiger partial charge in [0.05, 0.1) is 11.5 Å². The second kappa shape index (κ2) is 6.26. The first-order valence-electron chi connectivity index (χ1n) is 5.64. The molecule has 96 valence electrons. The van der Waals surface area contributed by atoms with Crippen molar-refractivity contribution in [1.82, 2.24) is 0 Å². The zero-order valence-corrected chi connectivity index (χ0v) is 11.6. The van der Waals surface area contributed by atoms with Crippen molar-refractivity contribution >= 4 is 19.7 Å². The number of halogens is 1. The first-order valence-corrected chi connectivity index (χ1v) is 7.95. The Morgan fingerprint density at radius 1 is 1.18 bits per heavy atom. The van der Waals surface area contributed by atoms with E-state index in [4.69, 9.17) is 15.4 Å². The van der Waals surface area contributed by atoms with Crippen molar-refractivity contribution in [2.24, 2.45) is 5.92 Å². The van der Waals surface area contributed by atoms with E-state index in [1.165, 1.54) is 12.1 Å². The van der Waals surface area contributed by atoms with Crippen LogP contribution in [-0.4, -0.2) is 15.0 Å². The second-order valence-corrected chi connectivity index (χ2v) is 6.47. The van der Waals surface area contributed by atoms with Gasteiger partial charge in [0.25, 0.3) is 9.05 Å². The molecule has 0 atom stereocenters. The highest BCUT2D eigenvalue weighted by molar-refractivity contribution is 8.13. The van der Waals surface area contributed by atoms with E-state index in [9.17, 15) is 8.42 Å². The molecule has 0 N–H and O–H groups in total. The van der Waals surface area contributed by atoms with Gasteiger partial charge >= 0.3 is 0 Å². The molecule has 0 saturated carbocycles. The molecule has 17 heavy (non-hydrogen) atoms. The number of benzene rings is 1. The summed E-state index contributed by atoms with van der Waals surface area (Å²) >= 11 is 0. The molecule has 0 aliphatic heterocycles. The summed E-state index contributed by atoms with van der Waals surface area (Å²) < 4.78 is 27.6. The molecule has 1 aromatic carbocycles. The first kappa shape index (κ1) is 14.3. The molecule has 0 spiro atoms. The summed E-state index contributed by atoms with van der Waals surface area (Å²) in [5.41, 5.74) is 0. The van der Waals surface area contributed by atoms with E-state index in [0.717, 1.165) is 12.8 Å². The van der Waals surface area contributed by atoms with Gasteiger partial charge in [0, 0.05) is 10.7 Å². The minimum Gasteiger partial charge on any atom is -0.493 e. The highest BCUT2D eigenvalue weighted by Crippen LogP contribution is 2.20. The maximum atomic E-state index is 11.0. The quantitative estimate of drug-likeness (QED) is 0.748. The van der Waals surface area contributed by atoms with Gasteiger partial charge in [-0.15, -0.1) is 0 Å². The molecule has 0 amide bonds. The minimum atomic E-state index is -3.64. The van der Waals surface area contributed by atoms with Crippen LogP contribution in [0.15, 0.2) is 29.2 Å². The topological polar surface area (TPSA) is 43.4 Å². The number of hydrogen-bond acceptors (Lipinski definition) is 3. The molecule has 0 radical (unpaired) electrons. The molecule has 3 nitrogen and oxygen atoms in total. The van der Waals surface area contributed by atoms with Crippen LogP contribution in [0.5, 0.6) is 5.75 Å². The summed E-state index contributed by atoms with van der Waals surface area (Å²) in [7, 11) is 1.57. The highest BCUT2D eigenvalue weighted by Gasteiger charge is 2.10. The van der Waals surface area contributed by atoms with E-state index in [0.29, 0.717) is 18.3 Å². The Hall–Kier alpha value is -0.740. The van der Waals surface area contributed by atoms with E-state index in [-0.39, 0.29) is 4.90 Å². The lowest BCUT2D eigenvalue weighted by atomic mass is 10.1. The fourth-order valence-electron chi connectivity index (χ4n) is 1.44. The van der Waals surface area contributed by atoms with Crippen LogP contribution >= 0.6 is 10.7 Å². The third-order valence-electron chi connectivity index (χ3n) is 2.75. The molecule has 0 aromatic heterocycles. The second-order valence-electron chi connectivity index (χ2n) is 3.90.